The first-order valence-corrected chi connectivity index (χ1v) is 19.2. The van der Waals surface area contributed by atoms with Gasteiger partial charge in [-0.15, -0.1) is 0 Å². The van der Waals surface area contributed by atoms with Crippen molar-refractivity contribution in [3.05, 3.63) is 0 Å². The first-order chi connectivity index (χ1) is 19.2. The summed E-state index contributed by atoms with van der Waals surface area (Å²) in [6, 6.07) is 0. The molecule has 242 valence electrons. The van der Waals surface area contributed by atoms with Crippen molar-refractivity contribution in [2.45, 2.75) is 215 Å². The van der Waals surface area contributed by atoms with Crippen LogP contribution in [0.25, 0.3) is 0 Å². The van der Waals surface area contributed by atoms with Gasteiger partial charge in [-0.1, -0.05) is 141 Å². The lowest BCUT2D eigenvalue weighted by atomic mass is 9.78. The van der Waals surface area contributed by atoms with Crippen molar-refractivity contribution in [3.63, 3.8) is 0 Å². The Labute approximate surface area is 255 Å². The molecule has 0 saturated heterocycles. The van der Waals surface area contributed by atoms with Crippen LogP contribution in [0.5, 0.6) is 0 Å². The van der Waals surface area contributed by atoms with Gasteiger partial charge in [-0.25, -0.2) is 0 Å². The summed E-state index contributed by atoms with van der Waals surface area (Å²) in [6.45, 7) is 28.0. The van der Waals surface area contributed by atoms with E-state index in [0.717, 1.165) is 57.8 Å². The molecule has 0 aliphatic rings. The third kappa shape index (κ3) is 11.1. The largest absolute Gasteiger partial charge is 0.334 e. The van der Waals surface area contributed by atoms with E-state index in [1.807, 2.05) is 0 Å². The fourth-order valence-electron chi connectivity index (χ4n) is 7.46. The maximum Gasteiger partial charge on any atom is 0.334 e. The van der Waals surface area contributed by atoms with Crippen LogP contribution in [0.3, 0.4) is 0 Å². The lowest BCUT2D eigenvalue weighted by molar-refractivity contribution is -0.101. The van der Waals surface area contributed by atoms with Gasteiger partial charge in [0.1, 0.15) is 0 Å². The summed E-state index contributed by atoms with van der Waals surface area (Å²) in [6.07, 6.45) is 20.6. The van der Waals surface area contributed by atoms with E-state index in [0.29, 0.717) is 17.8 Å². The van der Waals surface area contributed by atoms with Gasteiger partial charge in [0.25, 0.3) is 0 Å². The van der Waals surface area contributed by atoms with Gasteiger partial charge in [0.15, 0.2) is 0 Å². The lowest BCUT2D eigenvalue weighted by Gasteiger charge is -2.48. The molecule has 0 aromatic carbocycles. The van der Waals surface area contributed by atoms with Crippen LogP contribution in [0.2, 0.25) is 0 Å². The van der Waals surface area contributed by atoms with Gasteiger partial charge in [0.2, 0.25) is 0 Å². The molecule has 0 rings (SSSR count). The van der Waals surface area contributed by atoms with Crippen molar-refractivity contribution >= 4 is 8.60 Å². The van der Waals surface area contributed by atoms with Gasteiger partial charge in [-0.2, -0.15) is 0 Å². The number of rotatable bonds is 27. The second-order valence-corrected chi connectivity index (χ2v) is 13.6. The molecule has 0 radical (unpaired) electrons. The zero-order chi connectivity index (χ0) is 30.7. The highest BCUT2D eigenvalue weighted by Gasteiger charge is 2.48. The summed E-state index contributed by atoms with van der Waals surface area (Å²) in [5.74, 6) is 1.58. The molecule has 0 aliphatic heterocycles. The van der Waals surface area contributed by atoms with E-state index in [1.165, 1.54) is 57.8 Å². The van der Waals surface area contributed by atoms with E-state index in [2.05, 4.69) is 83.1 Å². The van der Waals surface area contributed by atoms with Gasteiger partial charge in [0.05, 0.1) is 16.8 Å². The highest BCUT2D eigenvalue weighted by molar-refractivity contribution is 7.41. The van der Waals surface area contributed by atoms with E-state index < -0.39 is 8.60 Å². The number of hydrogen-bond donors (Lipinski definition) is 0. The Morgan fingerprint density at radius 1 is 0.400 bits per heavy atom. The van der Waals surface area contributed by atoms with Crippen LogP contribution >= 0.6 is 8.60 Å². The Morgan fingerprint density at radius 3 is 0.775 bits per heavy atom. The van der Waals surface area contributed by atoms with Crippen LogP contribution in [0.4, 0.5) is 0 Å². The third-order valence-electron chi connectivity index (χ3n) is 10.8. The molecule has 0 N–H and O–H groups in total. The highest BCUT2D eigenvalue weighted by Crippen LogP contribution is 2.59. The molecule has 0 bridgehead atoms. The molecule has 3 nitrogen and oxygen atoms in total. The monoisotopic (exact) mass is 587 g/mol. The van der Waals surface area contributed by atoms with Crippen LogP contribution in [-0.4, -0.2) is 16.8 Å². The zero-order valence-electron chi connectivity index (χ0n) is 29.6. The van der Waals surface area contributed by atoms with Gasteiger partial charge >= 0.3 is 8.60 Å². The van der Waals surface area contributed by atoms with Crippen LogP contribution in [0, 0.1) is 17.8 Å². The van der Waals surface area contributed by atoms with Crippen molar-refractivity contribution in [2.24, 2.45) is 17.8 Å². The third-order valence-corrected chi connectivity index (χ3v) is 12.3. The molecular formula is C36H75O3P. The van der Waals surface area contributed by atoms with Crippen LogP contribution in [-0.2, 0) is 13.6 Å². The standard InChI is InChI=1S/C36H75O3P/c1-13-25-28-31(16-4)34(19-7,20-8)37-40(38-35(21-9,22-10)32(17-5)29-26-14-2)39-36(23-11,24-12)33(18-6)30-27-15-3/h31-33H,13-30H2,1-12H3. The minimum atomic E-state index is -1.52. The first-order valence-electron chi connectivity index (χ1n) is 18.1. The van der Waals surface area contributed by atoms with Gasteiger partial charge in [0, 0.05) is 0 Å². The van der Waals surface area contributed by atoms with Crippen LogP contribution in [0.15, 0.2) is 0 Å². The Bertz CT molecular complexity index is 502. The fourth-order valence-corrected chi connectivity index (χ4v) is 9.69. The van der Waals surface area contributed by atoms with Crippen molar-refractivity contribution in [1.29, 1.82) is 0 Å². The topological polar surface area (TPSA) is 27.7 Å². The van der Waals surface area contributed by atoms with E-state index in [1.54, 1.807) is 0 Å². The van der Waals surface area contributed by atoms with E-state index in [9.17, 15) is 0 Å². The van der Waals surface area contributed by atoms with Crippen LogP contribution < -0.4 is 0 Å². The normalized spacial score (nSPS) is 16.2. The highest BCUT2D eigenvalue weighted by atomic mass is 31.2. The Balaban J connectivity index is 6.85. The second kappa shape index (κ2) is 21.9. The van der Waals surface area contributed by atoms with Gasteiger partial charge < -0.3 is 13.6 Å². The predicted octanol–water partition coefficient (Wildman–Crippen LogP) is 13.6. The summed E-state index contributed by atoms with van der Waals surface area (Å²) in [5.41, 5.74) is -0.606. The Hall–Kier alpha value is 0.310. The van der Waals surface area contributed by atoms with Crippen LogP contribution in [0.1, 0.15) is 199 Å². The smallest absolute Gasteiger partial charge is 0.305 e. The molecule has 0 aromatic rings. The fraction of sp³-hybridized carbons (Fsp3) is 1.00. The summed E-state index contributed by atoms with van der Waals surface area (Å²) >= 11 is 0. The minimum Gasteiger partial charge on any atom is -0.305 e. The quantitative estimate of drug-likeness (QED) is 0.0896. The average Bonchev–Trinajstić information content (AvgIpc) is 2.99. The molecule has 3 atom stereocenters. The lowest BCUT2D eigenvalue weighted by Crippen LogP contribution is -2.45. The summed E-state index contributed by atoms with van der Waals surface area (Å²) in [7, 11) is -1.52. The molecule has 0 amide bonds. The molecule has 0 spiro atoms. The van der Waals surface area contributed by atoms with E-state index in [4.69, 9.17) is 13.6 Å². The second-order valence-electron chi connectivity index (χ2n) is 12.6. The number of unbranched alkanes of at least 4 members (excludes halogenated alkanes) is 3. The maximum absolute atomic E-state index is 7.42. The molecule has 0 saturated carbocycles. The SMILES string of the molecule is CCCCC(CC)C(CC)(CC)OP(OC(CC)(CC)C(CC)CCCC)OC(CC)(CC)C(CC)CCCC. The molecule has 0 heterocycles. The summed E-state index contributed by atoms with van der Waals surface area (Å²) < 4.78 is 22.3. The molecule has 4 heteroatoms. The first kappa shape index (κ1) is 40.3. The maximum atomic E-state index is 7.42. The molecular weight excluding hydrogens is 511 g/mol. The van der Waals surface area contributed by atoms with E-state index >= 15 is 0 Å². The molecule has 0 aromatic heterocycles. The van der Waals surface area contributed by atoms with Gasteiger partial charge in [-0.3, -0.25) is 0 Å². The molecule has 40 heavy (non-hydrogen) atoms. The van der Waals surface area contributed by atoms with Crippen molar-refractivity contribution in [3.8, 4) is 0 Å². The molecule has 0 aliphatic carbocycles. The van der Waals surface area contributed by atoms with Crippen molar-refractivity contribution in [1.82, 2.24) is 0 Å². The molecule has 3 unspecified atom stereocenters. The van der Waals surface area contributed by atoms with Gasteiger partial charge in [-0.05, 0) is 75.5 Å². The molecule has 0 fully saturated rings. The zero-order valence-corrected chi connectivity index (χ0v) is 30.5. The predicted molar refractivity (Wildman–Crippen MR) is 180 cm³/mol. The van der Waals surface area contributed by atoms with E-state index in [-0.39, 0.29) is 16.8 Å². The minimum absolute atomic E-state index is 0.202. The summed E-state index contributed by atoms with van der Waals surface area (Å²) in [5, 5.41) is 0. The number of hydrogen-bond acceptors (Lipinski definition) is 3. The Morgan fingerprint density at radius 2 is 0.625 bits per heavy atom. The Kier molecular flexibility index (Phi) is 22.1. The van der Waals surface area contributed by atoms with Crippen molar-refractivity contribution < 1.29 is 13.6 Å². The van der Waals surface area contributed by atoms with Crippen molar-refractivity contribution in [2.75, 3.05) is 0 Å². The summed E-state index contributed by atoms with van der Waals surface area (Å²) in [4.78, 5) is 0. The average molecular weight is 587 g/mol.